The van der Waals surface area contributed by atoms with Crippen LogP contribution in [0.25, 0.3) is 0 Å². The van der Waals surface area contributed by atoms with Gasteiger partial charge in [0, 0.05) is 28.9 Å². The zero-order valence-electron chi connectivity index (χ0n) is 10.8. The van der Waals surface area contributed by atoms with Crippen molar-refractivity contribution >= 4 is 16.7 Å². The van der Waals surface area contributed by atoms with Crippen LogP contribution in [0, 0.1) is 0 Å². The molecule has 2 atom stereocenters. The fourth-order valence-electron chi connectivity index (χ4n) is 1.01. The lowest BCUT2D eigenvalue weighted by atomic mass is 10.2. The Balaban J connectivity index is 3.74. The van der Waals surface area contributed by atoms with Crippen molar-refractivity contribution in [2.75, 3.05) is 18.6 Å². The highest BCUT2D eigenvalue weighted by atomic mass is 32.2. The van der Waals surface area contributed by atoms with Crippen molar-refractivity contribution in [3.63, 3.8) is 0 Å². The quantitative estimate of drug-likeness (QED) is 0.766. The molecule has 0 fully saturated rings. The van der Waals surface area contributed by atoms with Gasteiger partial charge in [-0.1, -0.05) is 0 Å². The van der Waals surface area contributed by atoms with E-state index in [1.54, 1.807) is 6.26 Å². The van der Waals surface area contributed by atoms with Gasteiger partial charge in [0.2, 0.25) is 5.91 Å². The average molecular weight is 249 g/mol. The highest BCUT2D eigenvalue weighted by Gasteiger charge is 2.14. The molecule has 0 aromatic carbocycles. The Morgan fingerprint density at radius 1 is 1.44 bits per heavy atom. The van der Waals surface area contributed by atoms with Crippen molar-refractivity contribution in [3.8, 4) is 0 Å². The first-order chi connectivity index (χ1) is 7.20. The number of carbonyl (C=O) groups is 1. The molecule has 96 valence electrons. The number of hydrogen-bond donors (Lipinski definition) is 1. The molecule has 16 heavy (non-hydrogen) atoms. The summed E-state index contributed by atoms with van der Waals surface area (Å²) in [6.45, 7) is 7.70. The van der Waals surface area contributed by atoms with E-state index in [0.29, 0.717) is 5.75 Å². The molecule has 0 aliphatic rings. The second kappa shape index (κ2) is 7.01. The summed E-state index contributed by atoms with van der Waals surface area (Å²) in [5.41, 5.74) is -0.300. The van der Waals surface area contributed by atoms with E-state index in [1.807, 2.05) is 27.7 Å². The number of carbonyl (C=O) groups excluding carboxylic acids is 1. The van der Waals surface area contributed by atoms with Crippen LogP contribution in [-0.4, -0.2) is 40.4 Å². The normalized spacial score (nSPS) is 15.6. The molecule has 0 rings (SSSR count). The maximum absolute atomic E-state index is 11.4. The molecular weight excluding hydrogens is 226 g/mol. The van der Waals surface area contributed by atoms with Crippen LogP contribution in [0.15, 0.2) is 0 Å². The second-order valence-electron chi connectivity index (χ2n) is 4.94. The van der Waals surface area contributed by atoms with E-state index in [2.05, 4.69) is 5.32 Å². The molecule has 1 N–H and O–H groups in total. The smallest absolute Gasteiger partial charge is 0.246 e. The van der Waals surface area contributed by atoms with Crippen molar-refractivity contribution in [2.45, 2.75) is 45.8 Å². The van der Waals surface area contributed by atoms with Gasteiger partial charge in [0.15, 0.2) is 0 Å². The van der Waals surface area contributed by atoms with Gasteiger partial charge < -0.3 is 10.1 Å². The minimum Gasteiger partial charge on any atom is -0.366 e. The molecule has 0 bridgehead atoms. The molecule has 0 aromatic heterocycles. The van der Waals surface area contributed by atoms with Gasteiger partial charge in [-0.15, -0.1) is 0 Å². The Kier molecular flexibility index (Phi) is 6.83. The molecule has 1 amide bonds. The van der Waals surface area contributed by atoms with E-state index in [0.717, 1.165) is 6.42 Å². The number of rotatable bonds is 6. The third kappa shape index (κ3) is 10.1. The molecule has 0 radical (unpaired) electrons. The maximum Gasteiger partial charge on any atom is 0.246 e. The van der Waals surface area contributed by atoms with Gasteiger partial charge >= 0.3 is 0 Å². The Hall–Kier alpha value is -0.420. The van der Waals surface area contributed by atoms with E-state index < -0.39 is 10.8 Å². The van der Waals surface area contributed by atoms with Crippen molar-refractivity contribution in [1.29, 1.82) is 0 Å². The Morgan fingerprint density at radius 2 is 2.00 bits per heavy atom. The van der Waals surface area contributed by atoms with Crippen LogP contribution in [0.3, 0.4) is 0 Å². The van der Waals surface area contributed by atoms with Crippen LogP contribution in [-0.2, 0) is 20.3 Å². The minimum atomic E-state index is -0.801. The zero-order chi connectivity index (χ0) is 12.8. The highest BCUT2D eigenvalue weighted by molar-refractivity contribution is 7.84. The van der Waals surface area contributed by atoms with Gasteiger partial charge in [-0.3, -0.25) is 9.00 Å². The molecule has 0 saturated heterocycles. The number of ether oxygens (including phenoxy) is 1. The third-order valence-electron chi connectivity index (χ3n) is 1.88. The van der Waals surface area contributed by atoms with Crippen LogP contribution in [0.5, 0.6) is 0 Å². The molecule has 0 aliphatic heterocycles. The number of hydrogen-bond acceptors (Lipinski definition) is 3. The van der Waals surface area contributed by atoms with Crippen molar-refractivity contribution in [1.82, 2.24) is 5.32 Å². The van der Waals surface area contributed by atoms with Gasteiger partial charge in [0.05, 0.1) is 5.60 Å². The van der Waals surface area contributed by atoms with E-state index in [9.17, 15) is 9.00 Å². The van der Waals surface area contributed by atoms with Crippen LogP contribution in [0.1, 0.15) is 34.1 Å². The van der Waals surface area contributed by atoms with Gasteiger partial charge in [-0.05, 0) is 34.1 Å². The third-order valence-corrected chi connectivity index (χ3v) is 2.69. The fourth-order valence-corrected chi connectivity index (χ4v) is 1.70. The summed E-state index contributed by atoms with van der Waals surface area (Å²) >= 11 is 0. The zero-order valence-corrected chi connectivity index (χ0v) is 11.6. The first-order valence-electron chi connectivity index (χ1n) is 5.44. The lowest BCUT2D eigenvalue weighted by Crippen LogP contribution is -2.38. The van der Waals surface area contributed by atoms with Gasteiger partial charge in [0.1, 0.15) is 6.61 Å². The predicted molar refractivity (Wildman–Crippen MR) is 66.9 cm³/mol. The summed E-state index contributed by atoms with van der Waals surface area (Å²) in [6, 6.07) is 0.0416. The largest absolute Gasteiger partial charge is 0.366 e. The molecule has 0 saturated carbocycles. The first kappa shape index (κ1) is 15.6. The molecule has 5 heteroatoms. The Labute approximate surface area is 101 Å². The monoisotopic (exact) mass is 249 g/mol. The van der Waals surface area contributed by atoms with Crippen LogP contribution in [0.4, 0.5) is 0 Å². The maximum atomic E-state index is 11.4. The van der Waals surface area contributed by atoms with E-state index in [1.165, 1.54) is 0 Å². The standard InChI is InChI=1S/C11H23NO3S/c1-9(6-7-16(5)14)12-10(13)8-15-11(2,3)4/h9H,6-8H2,1-5H3,(H,12,13). The summed E-state index contributed by atoms with van der Waals surface area (Å²) in [4.78, 5) is 11.4. The predicted octanol–water partition coefficient (Wildman–Crippen LogP) is 1.07. The van der Waals surface area contributed by atoms with Gasteiger partial charge in [-0.25, -0.2) is 0 Å². The first-order valence-corrected chi connectivity index (χ1v) is 7.17. The lowest BCUT2D eigenvalue weighted by molar-refractivity contribution is -0.131. The molecular formula is C11H23NO3S. The van der Waals surface area contributed by atoms with Crippen molar-refractivity contribution in [2.24, 2.45) is 0 Å². The van der Waals surface area contributed by atoms with Crippen LogP contribution >= 0.6 is 0 Å². The Morgan fingerprint density at radius 3 is 2.44 bits per heavy atom. The Bertz CT molecular complexity index is 248. The van der Waals surface area contributed by atoms with Crippen molar-refractivity contribution < 1.29 is 13.7 Å². The number of nitrogens with one attached hydrogen (secondary N) is 1. The molecule has 0 spiro atoms. The van der Waals surface area contributed by atoms with E-state index >= 15 is 0 Å². The van der Waals surface area contributed by atoms with Crippen LogP contribution in [0.2, 0.25) is 0 Å². The fraction of sp³-hybridized carbons (Fsp3) is 0.909. The summed E-state index contributed by atoms with van der Waals surface area (Å²) in [5, 5.41) is 2.81. The summed E-state index contributed by atoms with van der Waals surface area (Å²) in [5.74, 6) is 0.492. The van der Waals surface area contributed by atoms with Gasteiger partial charge in [-0.2, -0.15) is 0 Å². The molecule has 0 aromatic rings. The summed E-state index contributed by atoms with van der Waals surface area (Å²) in [7, 11) is -0.801. The molecule has 0 aliphatic carbocycles. The molecule has 0 heterocycles. The lowest BCUT2D eigenvalue weighted by Gasteiger charge is -2.20. The molecule has 4 nitrogen and oxygen atoms in total. The summed E-state index contributed by atoms with van der Waals surface area (Å²) in [6.07, 6.45) is 2.39. The van der Waals surface area contributed by atoms with Crippen LogP contribution < -0.4 is 5.32 Å². The SMILES string of the molecule is CC(CCS(C)=O)NC(=O)COC(C)(C)C. The van der Waals surface area contributed by atoms with E-state index in [-0.39, 0.29) is 24.2 Å². The molecule has 2 unspecified atom stereocenters. The average Bonchev–Trinajstić information content (AvgIpc) is 2.10. The topological polar surface area (TPSA) is 55.4 Å². The second-order valence-corrected chi connectivity index (χ2v) is 6.49. The van der Waals surface area contributed by atoms with E-state index in [4.69, 9.17) is 4.74 Å². The highest BCUT2D eigenvalue weighted by Crippen LogP contribution is 2.05. The van der Waals surface area contributed by atoms with Crippen molar-refractivity contribution in [3.05, 3.63) is 0 Å². The summed E-state index contributed by atoms with van der Waals surface area (Å²) < 4.78 is 16.2. The number of amides is 1. The minimum absolute atomic E-state index is 0.0416. The van der Waals surface area contributed by atoms with Gasteiger partial charge in [0.25, 0.3) is 0 Å².